The molecule has 6 heteroatoms. The molecule has 0 spiro atoms. The van der Waals surface area contributed by atoms with Gasteiger partial charge in [0.05, 0.1) is 19.8 Å². The highest BCUT2D eigenvalue weighted by molar-refractivity contribution is 7.10. The second-order valence-corrected chi connectivity index (χ2v) is 4.98. The van der Waals surface area contributed by atoms with Crippen molar-refractivity contribution in [3.05, 3.63) is 28.0 Å². The van der Waals surface area contributed by atoms with Gasteiger partial charge in [-0.1, -0.05) is 0 Å². The quantitative estimate of drug-likeness (QED) is 0.502. The summed E-state index contributed by atoms with van der Waals surface area (Å²) in [5, 5.41) is 10.5. The first kappa shape index (κ1) is 16.8. The lowest BCUT2D eigenvalue weighted by molar-refractivity contribution is -0.131. The molecule has 0 fully saturated rings. The Morgan fingerprint density at radius 3 is 2.85 bits per heavy atom. The molecule has 0 radical (unpaired) electrons. The molecule has 0 saturated heterocycles. The van der Waals surface area contributed by atoms with Gasteiger partial charge in [0.25, 0.3) is 0 Å². The summed E-state index contributed by atoms with van der Waals surface area (Å²) in [6.45, 7) is 2.97. The minimum absolute atomic E-state index is 0.495. The number of carbonyl (C=O) groups is 1. The monoisotopic (exact) mass is 300 g/mol. The van der Waals surface area contributed by atoms with Gasteiger partial charge in [0.2, 0.25) is 0 Å². The standard InChI is InChI=1S/C14H20O5S/c1-17-8-9-18-6-2-7-19-11-13-12(5-10-20-13)3-4-14(15)16/h3-5,10H,2,6-9,11H2,1H3,(H,15,16)/b4-3+. The van der Waals surface area contributed by atoms with Crippen LogP contribution in [0, 0.1) is 0 Å². The molecule has 0 aliphatic carbocycles. The molecule has 20 heavy (non-hydrogen) atoms. The molecular formula is C14H20O5S. The van der Waals surface area contributed by atoms with Crippen LogP contribution in [0.4, 0.5) is 0 Å². The Balaban J connectivity index is 2.16. The second kappa shape index (κ2) is 10.6. The van der Waals surface area contributed by atoms with Crippen LogP contribution in [0.3, 0.4) is 0 Å². The molecule has 1 aromatic rings. The number of methoxy groups -OCH3 is 1. The van der Waals surface area contributed by atoms with Gasteiger partial charge in [0, 0.05) is 31.3 Å². The summed E-state index contributed by atoms with van der Waals surface area (Å²) in [5.41, 5.74) is 0.897. The molecule has 5 nitrogen and oxygen atoms in total. The fraction of sp³-hybridized carbons (Fsp3) is 0.500. The normalized spacial score (nSPS) is 11.2. The number of rotatable bonds is 11. The maximum atomic E-state index is 10.5. The smallest absolute Gasteiger partial charge is 0.328 e. The van der Waals surface area contributed by atoms with Crippen molar-refractivity contribution in [2.45, 2.75) is 13.0 Å². The summed E-state index contributed by atoms with van der Waals surface area (Å²) in [6.07, 6.45) is 3.55. The van der Waals surface area contributed by atoms with Crippen LogP contribution in [0.15, 0.2) is 17.5 Å². The molecule has 1 aromatic heterocycles. The molecule has 0 unspecified atom stereocenters. The van der Waals surface area contributed by atoms with Gasteiger partial charge in [-0.25, -0.2) is 4.79 Å². The Morgan fingerprint density at radius 1 is 1.30 bits per heavy atom. The largest absolute Gasteiger partial charge is 0.478 e. The third-order valence-corrected chi connectivity index (χ3v) is 3.34. The average Bonchev–Trinajstić information content (AvgIpc) is 2.87. The first-order valence-corrected chi connectivity index (χ1v) is 7.24. The number of aliphatic carboxylic acids is 1. The summed E-state index contributed by atoms with van der Waals surface area (Å²) >= 11 is 1.56. The van der Waals surface area contributed by atoms with E-state index in [1.165, 1.54) is 0 Å². The van der Waals surface area contributed by atoms with Crippen molar-refractivity contribution in [1.29, 1.82) is 0 Å². The molecule has 0 atom stereocenters. The van der Waals surface area contributed by atoms with Gasteiger partial charge in [0.1, 0.15) is 0 Å². The number of carboxylic acids is 1. The lowest BCUT2D eigenvalue weighted by Gasteiger charge is -2.05. The zero-order valence-electron chi connectivity index (χ0n) is 11.5. The van der Waals surface area contributed by atoms with Crippen molar-refractivity contribution >= 4 is 23.4 Å². The van der Waals surface area contributed by atoms with Gasteiger partial charge in [-0.2, -0.15) is 0 Å². The van der Waals surface area contributed by atoms with Gasteiger partial charge >= 0.3 is 5.97 Å². The van der Waals surface area contributed by atoms with E-state index in [-0.39, 0.29) is 0 Å². The minimum Gasteiger partial charge on any atom is -0.478 e. The number of ether oxygens (including phenoxy) is 3. The Hall–Kier alpha value is -1.21. The van der Waals surface area contributed by atoms with E-state index < -0.39 is 5.97 Å². The highest BCUT2D eigenvalue weighted by Gasteiger charge is 2.02. The van der Waals surface area contributed by atoms with E-state index in [0.29, 0.717) is 33.0 Å². The number of thiophene rings is 1. The fourth-order valence-corrected chi connectivity index (χ4v) is 2.25. The molecule has 0 bridgehead atoms. The zero-order chi connectivity index (χ0) is 14.6. The Kier molecular flexibility index (Phi) is 8.90. The van der Waals surface area contributed by atoms with Crippen molar-refractivity contribution in [3.63, 3.8) is 0 Å². The molecular weight excluding hydrogens is 280 g/mol. The van der Waals surface area contributed by atoms with Crippen LogP contribution in [-0.2, 0) is 25.6 Å². The zero-order valence-corrected chi connectivity index (χ0v) is 12.4. The van der Waals surface area contributed by atoms with E-state index in [1.54, 1.807) is 24.5 Å². The third-order valence-electron chi connectivity index (χ3n) is 2.43. The number of hydrogen-bond donors (Lipinski definition) is 1. The van der Waals surface area contributed by atoms with E-state index >= 15 is 0 Å². The molecule has 112 valence electrons. The van der Waals surface area contributed by atoms with E-state index in [2.05, 4.69) is 0 Å². The Morgan fingerprint density at radius 2 is 2.10 bits per heavy atom. The summed E-state index contributed by atoms with van der Waals surface area (Å²) in [4.78, 5) is 11.5. The molecule has 0 aliphatic rings. The van der Waals surface area contributed by atoms with Crippen molar-refractivity contribution in [2.75, 3.05) is 33.5 Å². The Labute approximate surface area is 122 Å². The third kappa shape index (κ3) is 7.40. The molecule has 1 rings (SSSR count). The second-order valence-electron chi connectivity index (χ2n) is 3.98. The van der Waals surface area contributed by atoms with Crippen LogP contribution in [0.5, 0.6) is 0 Å². The van der Waals surface area contributed by atoms with Crippen molar-refractivity contribution < 1.29 is 24.1 Å². The topological polar surface area (TPSA) is 65.0 Å². The van der Waals surface area contributed by atoms with Gasteiger partial charge in [0.15, 0.2) is 0 Å². The van der Waals surface area contributed by atoms with E-state index in [9.17, 15) is 4.79 Å². The average molecular weight is 300 g/mol. The van der Waals surface area contributed by atoms with Crippen LogP contribution in [-0.4, -0.2) is 44.6 Å². The maximum absolute atomic E-state index is 10.5. The molecule has 1 N–H and O–H groups in total. The van der Waals surface area contributed by atoms with Gasteiger partial charge < -0.3 is 19.3 Å². The van der Waals surface area contributed by atoms with Crippen LogP contribution < -0.4 is 0 Å². The number of carboxylic acid groups (broad SMARTS) is 1. The number of hydrogen-bond acceptors (Lipinski definition) is 5. The first-order chi connectivity index (χ1) is 9.74. The molecule has 1 heterocycles. The van der Waals surface area contributed by atoms with Gasteiger partial charge in [-0.05, 0) is 29.5 Å². The summed E-state index contributed by atoms with van der Waals surface area (Å²) in [7, 11) is 1.64. The van der Waals surface area contributed by atoms with Gasteiger partial charge in [-0.15, -0.1) is 11.3 Å². The van der Waals surface area contributed by atoms with Crippen molar-refractivity contribution in [2.24, 2.45) is 0 Å². The van der Waals surface area contributed by atoms with E-state index in [4.69, 9.17) is 19.3 Å². The van der Waals surface area contributed by atoms with Gasteiger partial charge in [-0.3, -0.25) is 0 Å². The van der Waals surface area contributed by atoms with Crippen molar-refractivity contribution in [1.82, 2.24) is 0 Å². The van der Waals surface area contributed by atoms with E-state index in [0.717, 1.165) is 22.9 Å². The highest BCUT2D eigenvalue weighted by atomic mass is 32.1. The van der Waals surface area contributed by atoms with Crippen molar-refractivity contribution in [3.8, 4) is 0 Å². The first-order valence-electron chi connectivity index (χ1n) is 6.36. The predicted octanol–water partition coefficient (Wildman–Crippen LogP) is 2.42. The summed E-state index contributed by atoms with van der Waals surface area (Å²) in [6, 6.07) is 1.89. The maximum Gasteiger partial charge on any atom is 0.328 e. The van der Waals surface area contributed by atoms with Crippen LogP contribution in [0.1, 0.15) is 16.9 Å². The van der Waals surface area contributed by atoms with Crippen LogP contribution >= 0.6 is 11.3 Å². The van der Waals surface area contributed by atoms with Crippen LogP contribution in [0.2, 0.25) is 0 Å². The fourth-order valence-electron chi connectivity index (χ4n) is 1.45. The summed E-state index contributed by atoms with van der Waals surface area (Å²) < 4.78 is 15.7. The van der Waals surface area contributed by atoms with E-state index in [1.807, 2.05) is 11.4 Å². The minimum atomic E-state index is -0.948. The molecule has 0 amide bonds. The lowest BCUT2D eigenvalue weighted by Crippen LogP contribution is -2.05. The SMILES string of the molecule is COCCOCCCOCc1sccc1/C=C/C(=O)O. The molecule has 0 saturated carbocycles. The Bertz CT molecular complexity index is 413. The molecule has 0 aliphatic heterocycles. The highest BCUT2D eigenvalue weighted by Crippen LogP contribution is 2.19. The lowest BCUT2D eigenvalue weighted by atomic mass is 10.2. The summed E-state index contributed by atoms with van der Waals surface area (Å²) in [5.74, 6) is -0.948. The predicted molar refractivity (Wildman–Crippen MR) is 78.0 cm³/mol. The molecule has 0 aromatic carbocycles. The van der Waals surface area contributed by atoms with Crippen LogP contribution in [0.25, 0.3) is 6.08 Å².